The lowest BCUT2D eigenvalue weighted by molar-refractivity contribution is 0.0931. The van der Waals surface area contributed by atoms with Crippen LogP contribution in [-0.4, -0.2) is 37.2 Å². The van der Waals surface area contributed by atoms with Crippen LogP contribution in [0.3, 0.4) is 0 Å². The van der Waals surface area contributed by atoms with E-state index in [-0.39, 0.29) is 40.5 Å². The van der Waals surface area contributed by atoms with Gasteiger partial charge in [-0.1, -0.05) is 26.8 Å². The van der Waals surface area contributed by atoms with Crippen molar-refractivity contribution in [1.29, 1.82) is 0 Å². The Morgan fingerprint density at radius 1 is 1.20 bits per heavy atom. The van der Waals surface area contributed by atoms with E-state index < -0.39 is 23.2 Å². The molecule has 3 atom stereocenters. The van der Waals surface area contributed by atoms with E-state index in [0.29, 0.717) is 18.5 Å². The van der Waals surface area contributed by atoms with Gasteiger partial charge in [0, 0.05) is 12.6 Å². The number of rotatable bonds is 7. The lowest BCUT2D eigenvalue weighted by atomic mass is 9.66. The smallest absolute Gasteiger partial charge is 0.182 e. The SMILES string of the molecule is CC[C@@H](O)CCC(=O)c1cncc([C@@]23CC[C@@H](c4cc(-c5c(F)cccc5F)nnc42)C3(C)C)n1. The van der Waals surface area contributed by atoms with Gasteiger partial charge in [0.1, 0.15) is 17.3 Å². The van der Waals surface area contributed by atoms with Gasteiger partial charge in [0.2, 0.25) is 0 Å². The standard InChI is InChI=1S/C27H28F2N4O2/c1-4-15(34)8-9-22(35)21-13-30-14-23(31-21)27-11-10-17(26(27,2)3)16-12-20(32-33-25(16)27)24-18(28)6-5-7-19(24)29/h5-7,12-15,17,34H,4,8-11H2,1-3H3/t15-,17+,27+/m1/s1. The Morgan fingerprint density at radius 2 is 1.94 bits per heavy atom. The summed E-state index contributed by atoms with van der Waals surface area (Å²) in [4.78, 5) is 21.9. The van der Waals surface area contributed by atoms with Crippen LogP contribution in [0.2, 0.25) is 0 Å². The van der Waals surface area contributed by atoms with Gasteiger partial charge in [-0.25, -0.2) is 13.8 Å². The average molecular weight is 479 g/mol. The quantitative estimate of drug-likeness (QED) is 0.473. The second kappa shape index (κ2) is 8.52. The topological polar surface area (TPSA) is 88.9 Å². The Hall–Kier alpha value is -3.13. The monoisotopic (exact) mass is 478 g/mol. The van der Waals surface area contributed by atoms with Crippen molar-refractivity contribution >= 4 is 5.78 Å². The predicted octanol–water partition coefficient (Wildman–Crippen LogP) is 5.15. The van der Waals surface area contributed by atoms with Crippen molar-refractivity contribution in [2.24, 2.45) is 5.41 Å². The second-order valence-electron chi connectivity index (χ2n) is 10.2. The first kappa shape index (κ1) is 23.6. The Kier molecular flexibility index (Phi) is 5.74. The van der Waals surface area contributed by atoms with Crippen LogP contribution in [0.5, 0.6) is 0 Å². The van der Waals surface area contributed by atoms with E-state index in [2.05, 4.69) is 29.0 Å². The van der Waals surface area contributed by atoms with Gasteiger partial charge in [-0.05, 0) is 60.8 Å². The van der Waals surface area contributed by atoms with E-state index in [4.69, 9.17) is 4.98 Å². The van der Waals surface area contributed by atoms with Crippen LogP contribution in [0.1, 0.15) is 86.2 Å². The summed E-state index contributed by atoms with van der Waals surface area (Å²) in [5, 5.41) is 18.6. The zero-order valence-electron chi connectivity index (χ0n) is 20.1. The van der Waals surface area contributed by atoms with E-state index >= 15 is 0 Å². The summed E-state index contributed by atoms with van der Waals surface area (Å²) in [7, 11) is 0. The summed E-state index contributed by atoms with van der Waals surface area (Å²) in [6.45, 7) is 6.16. The molecule has 3 aromatic rings. The zero-order chi connectivity index (χ0) is 25.0. The molecule has 2 aromatic heterocycles. The molecule has 0 radical (unpaired) electrons. The first-order valence-electron chi connectivity index (χ1n) is 12.1. The molecule has 1 N–H and O–H groups in total. The van der Waals surface area contributed by atoms with Gasteiger partial charge in [-0.15, -0.1) is 5.10 Å². The lowest BCUT2D eigenvalue weighted by Crippen LogP contribution is -2.38. The van der Waals surface area contributed by atoms with Crippen molar-refractivity contribution in [2.75, 3.05) is 0 Å². The highest BCUT2D eigenvalue weighted by atomic mass is 19.1. The molecule has 2 aliphatic carbocycles. The largest absolute Gasteiger partial charge is 0.393 e. The van der Waals surface area contributed by atoms with Crippen LogP contribution in [0.4, 0.5) is 8.78 Å². The molecule has 1 aromatic carbocycles. The number of hydrogen-bond acceptors (Lipinski definition) is 6. The molecular weight excluding hydrogens is 450 g/mol. The van der Waals surface area contributed by atoms with Crippen molar-refractivity contribution in [2.45, 2.75) is 70.3 Å². The molecule has 2 aliphatic rings. The van der Waals surface area contributed by atoms with Crippen LogP contribution in [-0.2, 0) is 5.41 Å². The fourth-order valence-corrected chi connectivity index (χ4v) is 6.09. The third-order valence-corrected chi connectivity index (χ3v) is 8.13. The Labute approximate surface area is 202 Å². The van der Waals surface area contributed by atoms with Gasteiger partial charge in [-0.3, -0.25) is 9.78 Å². The van der Waals surface area contributed by atoms with E-state index in [1.165, 1.54) is 24.4 Å². The number of benzene rings is 1. The van der Waals surface area contributed by atoms with Crippen LogP contribution in [0, 0.1) is 17.0 Å². The highest BCUT2D eigenvalue weighted by molar-refractivity contribution is 5.94. The molecule has 182 valence electrons. The molecule has 1 saturated carbocycles. The number of hydrogen-bond donors (Lipinski definition) is 1. The number of carbonyl (C=O) groups is 1. The van der Waals surface area contributed by atoms with Crippen molar-refractivity contribution in [3.8, 4) is 11.3 Å². The second-order valence-corrected chi connectivity index (χ2v) is 10.2. The Bertz CT molecular complexity index is 1290. The third-order valence-electron chi connectivity index (χ3n) is 8.13. The minimum absolute atomic E-state index is 0.0995. The van der Waals surface area contributed by atoms with E-state index in [1.807, 2.05) is 6.92 Å². The van der Waals surface area contributed by atoms with Crippen LogP contribution < -0.4 is 0 Å². The van der Waals surface area contributed by atoms with Crippen molar-refractivity contribution in [3.63, 3.8) is 0 Å². The van der Waals surface area contributed by atoms with Gasteiger partial charge in [0.25, 0.3) is 0 Å². The maximum absolute atomic E-state index is 14.5. The average Bonchev–Trinajstić information content (AvgIpc) is 3.23. The van der Waals surface area contributed by atoms with E-state index in [9.17, 15) is 18.7 Å². The van der Waals surface area contributed by atoms with Crippen LogP contribution in [0.15, 0.2) is 36.7 Å². The third kappa shape index (κ3) is 3.49. The lowest BCUT2D eigenvalue weighted by Gasteiger charge is -2.37. The maximum Gasteiger partial charge on any atom is 0.182 e. The number of fused-ring (bicyclic) bond motifs is 5. The van der Waals surface area contributed by atoms with E-state index in [1.54, 1.807) is 12.3 Å². The normalized spacial score (nSPS) is 22.7. The number of aliphatic hydroxyl groups excluding tert-OH is 1. The number of halogens is 2. The Morgan fingerprint density at radius 3 is 2.66 bits per heavy atom. The molecule has 6 nitrogen and oxygen atoms in total. The minimum Gasteiger partial charge on any atom is -0.393 e. The minimum atomic E-state index is -0.679. The molecule has 0 amide bonds. The van der Waals surface area contributed by atoms with Crippen molar-refractivity contribution < 1.29 is 18.7 Å². The van der Waals surface area contributed by atoms with E-state index in [0.717, 1.165) is 24.1 Å². The molecule has 35 heavy (non-hydrogen) atoms. The molecule has 2 bridgehead atoms. The van der Waals surface area contributed by atoms with Gasteiger partial charge < -0.3 is 5.11 Å². The summed E-state index contributed by atoms with van der Waals surface area (Å²) in [6, 6.07) is 5.50. The number of aliphatic hydroxyl groups is 1. The van der Waals surface area contributed by atoms with Gasteiger partial charge >= 0.3 is 0 Å². The molecule has 8 heteroatoms. The number of ketones is 1. The molecule has 0 spiro atoms. The van der Waals surface area contributed by atoms with Gasteiger partial charge in [0.15, 0.2) is 5.78 Å². The summed E-state index contributed by atoms with van der Waals surface area (Å²) in [6.07, 6.45) is 5.41. The first-order valence-corrected chi connectivity index (χ1v) is 12.1. The molecule has 0 unspecified atom stereocenters. The van der Waals surface area contributed by atoms with Gasteiger partial charge in [0.05, 0.1) is 40.4 Å². The summed E-state index contributed by atoms with van der Waals surface area (Å²) >= 11 is 0. The number of nitrogens with zero attached hydrogens (tertiary/aromatic N) is 4. The molecular formula is C27H28F2N4O2. The number of Topliss-reactive ketones (excluding diaryl/α,β-unsaturated/α-hetero) is 1. The highest BCUT2D eigenvalue weighted by Gasteiger charge is 2.65. The van der Waals surface area contributed by atoms with Crippen molar-refractivity contribution in [3.05, 3.63) is 70.9 Å². The summed E-state index contributed by atoms with van der Waals surface area (Å²) in [5.41, 5.74) is 1.64. The van der Waals surface area contributed by atoms with Crippen molar-refractivity contribution in [1.82, 2.24) is 20.2 Å². The maximum atomic E-state index is 14.5. The molecule has 0 saturated heterocycles. The zero-order valence-corrected chi connectivity index (χ0v) is 20.1. The first-order chi connectivity index (χ1) is 16.7. The number of carbonyl (C=O) groups excluding carboxylic acids is 1. The summed E-state index contributed by atoms with van der Waals surface area (Å²) in [5.74, 6) is -1.42. The van der Waals surface area contributed by atoms with Gasteiger partial charge in [-0.2, -0.15) is 5.10 Å². The molecule has 5 rings (SSSR count). The van der Waals surface area contributed by atoms with Crippen LogP contribution in [0.25, 0.3) is 11.3 Å². The highest BCUT2D eigenvalue weighted by Crippen LogP contribution is 2.69. The predicted molar refractivity (Wildman–Crippen MR) is 126 cm³/mol. The number of aromatic nitrogens is 4. The van der Waals surface area contributed by atoms with Crippen LogP contribution >= 0.6 is 0 Å². The molecule has 2 heterocycles. The Balaban J connectivity index is 1.57. The molecule has 0 aliphatic heterocycles. The fourth-order valence-electron chi connectivity index (χ4n) is 6.09. The summed E-state index contributed by atoms with van der Waals surface area (Å²) < 4.78 is 28.9. The fraction of sp³-hybridized carbons (Fsp3) is 0.444. The molecule has 1 fully saturated rings.